The van der Waals surface area contributed by atoms with Crippen molar-refractivity contribution >= 4 is 49.3 Å². The molecule has 0 radical (unpaired) electrons. The normalized spacial score (nSPS) is 13.3. The molecule has 0 bridgehead atoms. The Morgan fingerprint density at radius 1 is 1.30 bits per heavy atom. The third-order valence-corrected chi connectivity index (χ3v) is 8.24. The van der Waals surface area contributed by atoms with Crippen LogP contribution in [-0.2, 0) is 23.1 Å². The highest BCUT2D eigenvalue weighted by atomic mass is 79.9. The predicted octanol–water partition coefficient (Wildman–Crippen LogP) is 4.08. The number of aliphatic hydroxyl groups excluding tert-OH is 1. The van der Waals surface area contributed by atoms with Crippen molar-refractivity contribution in [3.05, 3.63) is 56.5 Å². The van der Waals surface area contributed by atoms with Gasteiger partial charge in [-0.3, -0.25) is 0 Å². The smallest absolute Gasteiger partial charge is 0.274 e. The fourth-order valence-corrected chi connectivity index (χ4v) is 5.71. The molecule has 3 aromatic rings. The van der Waals surface area contributed by atoms with Gasteiger partial charge >= 0.3 is 0 Å². The van der Waals surface area contributed by atoms with E-state index in [1.807, 2.05) is 12.2 Å². The first-order valence-corrected chi connectivity index (χ1v) is 12.0. The number of hydrogen-bond donors (Lipinski definition) is 2. The first-order valence-electron chi connectivity index (χ1n) is 8.80. The number of sulfonamides is 1. The van der Waals surface area contributed by atoms with E-state index in [1.54, 1.807) is 30.5 Å². The van der Waals surface area contributed by atoms with E-state index in [0.29, 0.717) is 39.2 Å². The lowest BCUT2D eigenvalue weighted by atomic mass is 10.1. The molecule has 11 heteroatoms. The third-order valence-electron chi connectivity index (χ3n) is 4.41. The Morgan fingerprint density at radius 3 is 2.77 bits per heavy atom. The summed E-state index contributed by atoms with van der Waals surface area (Å²) in [6.45, 7) is 1.70. The minimum absolute atomic E-state index is 0.0374. The summed E-state index contributed by atoms with van der Waals surface area (Å²) in [6, 6.07) is 5.29. The Kier molecular flexibility index (Phi) is 5.87. The molecular weight excluding hydrogens is 496 g/mol. The maximum Gasteiger partial charge on any atom is 0.274 e. The third kappa shape index (κ3) is 4.10. The molecule has 0 atom stereocenters. The van der Waals surface area contributed by atoms with Crippen molar-refractivity contribution < 1.29 is 27.5 Å². The molecular formula is C19H17BrN2O6S2. The number of hydrogen-bond acceptors (Lipinski definition) is 8. The number of nitrogens with zero attached hydrogens (tertiary/aromatic N) is 1. The lowest BCUT2D eigenvalue weighted by Crippen LogP contribution is -2.13. The van der Waals surface area contributed by atoms with Gasteiger partial charge in [-0.25, -0.2) is 13.1 Å². The van der Waals surface area contributed by atoms with E-state index >= 15 is 0 Å². The Hall–Kier alpha value is -2.34. The standard InChI is InChI=1S/C19H17BrN2O6S2/c1-11-17(20)18(28-21-11)22-30(24,25)19-12(5-6-29-19)3-2-4-13-7-15-16(27-10-26-15)8-14(13)9-23/h2,4-8,22-23H,3,9-10H2,1H3. The predicted molar refractivity (Wildman–Crippen MR) is 115 cm³/mol. The minimum Gasteiger partial charge on any atom is -0.454 e. The molecule has 0 amide bonds. The van der Waals surface area contributed by atoms with Crippen LogP contribution >= 0.6 is 27.3 Å². The number of thiophene rings is 1. The highest BCUT2D eigenvalue weighted by molar-refractivity contribution is 9.10. The van der Waals surface area contributed by atoms with Crippen molar-refractivity contribution in [1.82, 2.24) is 5.16 Å². The molecule has 2 N–H and O–H groups in total. The molecule has 4 rings (SSSR count). The Labute approximate surface area is 185 Å². The van der Waals surface area contributed by atoms with Crippen LogP contribution in [0.2, 0.25) is 0 Å². The largest absolute Gasteiger partial charge is 0.454 e. The number of rotatable bonds is 7. The van der Waals surface area contributed by atoms with Crippen LogP contribution in [0.5, 0.6) is 11.5 Å². The molecule has 3 heterocycles. The zero-order valence-corrected chi connectivity index (χ0v) is 18.9. The number of nitrogens with one attached hydrogen (secondary N) is 1. The number of halogens is 1. The number of benzene rings is 1. The van der Waals surface area contributed by atoms with Crippen LogP contribution in [0.15, 0.2) is 42.9 Å². The van der Waals surface area contributed by atoms with Crippen LogP contribution < -0.4 is 14.2 Å². The summed E-state index contributed by atoms with van der Waals surface area (Å²) < 4.78 is 44.4. The van der Waals surface area contributed by atoms with Crippen molar-refractivity contribution in [1.29, 1.82) is 0 Å². The van der Waals surface area contributed by atoms with Crippen molar-refractivity contribution in [2.45, 2.75) is 24.2 Å². The lowest BCUT2D eigenvalue weighted by Gasteiger charge is -2.06. The second-order valence-corrected chi connectivity index (χ2v) is 10.0. The van der Waals surface area contributed by atoms with Crippen LogP contribution in [-0.4, -0.2) is 25.5 Å². The molecule has 0 spiro atoms. The first-order chi connectivity index (χ1) is 14.4. The number of aryl methyl sites for hydroxylation is 1. The van der Waals surface area contributed by atoms with E-state index in [9.17, 15) is 13.5 Å². The van der Waals surface area contributed by atoms with Gasteiger partial charge in [0.1, 0.15) is 8.68 Å². The number of anilines is 1. The van der Waals surface area contributed by atoms with Gasteiger partial charge in [-0.05, 0) is 69.5 Å². The summed E-state index contributed by atoms with van der Waals surface area (Å²) in [5, 5.41) is 15.1. The second-order valence-electron chi connectivity index (χ2n) is 6.42. The first kappa shape index (κ1) is 20.9. The van der Waals surface area contributed by atoms with Crippen molar-refractivity contribution in [3.63, 3.8) is 0 Å². The van der Waals surface area contributed by atoms with E-state index in [0.717, 1.165) is 16.9 Å². The average Bonchev–Trinajstić information content (AvgIpc) is 3.44. The van der Waals surface area contributed by atoms with Gasteiger partial charge in [-0.15, -0.1) is 11.3 Å². The molecule has 1 aromatic carbocycles. The van der Waals surface area contributed by atoms with Crippen molar-refractivity contribution in [2.75, 3.05) is 11.5 Å². The number of allylic oxidation sites excluding steroid dienone is 1. The molecule has 0 saturated heterocycles. The summed E-state index contributed by atoms with van der Waals surface area (Å²) in [5.74, 6) is 1.25. The van der Waals surface area contributed by atoms with E-state index in [1.165, 1.54) is 0 Å². The Morgan fingerprint density at radius 2 is 2.07 bits per heavy atom. The highest BCUT2D eigenvalue weighted by Crippen LogP contribution is 2.36. The summed E-state index contributed by atoms with van der Waals surface area (Å²) in [6.07, 6.45) is 4.05. The van der Waals surface area contributed by atoms with Gasteiger partial charge in [0.15, 0.2) is 11.5 Å². The van der Waals surface area contributed by atoms with E-state index in [-0.39, 0.29) is 23.5 Å². The number of aliphatic hydroxyl groups is 1. The molecule has 8 nitrogen and oxygen atoms in total. The van der Waals surface area contributed by atoms with Crippen molar-refractivity contribution in [3.8, 4) is 11.5 Å². The summed E-state index contributed by atoms with van der Waals surface area (Å²) >= 11 is 4.38. The van der Waals surface area contributed by atoms with Crippen LogP contribution in [0.1, 0.15) is 22.4 Å². The van der Waals surface area contributed by atoms with Crippen LogP contribution in [0.3, 0.4) is 0 Å². The van der Waals surface area contributed by atoms with Crippen LogP contribution in [0, 0.1) is 6.92 Å². The number of ether oxygens (including phenoxy) is 2. The van der Waals surface area contributed by atoms with Gasteiger partial charge < -0.3 is 19.1 Å². The van der Waals surface area contributed by atoms with Gasteiger partial charge in [-0.1, -0.05) is 17.3 Å². The zero-order chi connectivity index (χ0) is 21.3. The van der Waals surface area contributed by atoms with E-state index < -0.39 is 10.0 Å². The van der Waals surface area contributed by atoms with Crippen LogP contribution in [0.4, 0.5) is 5.88 Å². The van der Waals surface area contributed by atoms with E-state index in [2.05, 4.69) is 25.8 Å². The molecule has 1 aliphatic rings. The molecule has 0 unspecified atom stereocenters. The molecule has 0 aliphatic carbocycles. The minimum atomic E-state index is -3.83. The van der Waals surface area contributed by atoms with E-state index in [4.69, 9.17) is 14.0 Å². The summed E-state index contributed by atoms with van der Waals surface area (Å²) in [7, 11) is -3.83. The second kappa shape index (κ2) is 8.42. The number of fused-ring (bicyclic) bond motifs is 1. The summed E-state index contributed by atoms with van der Waals surface area (Å²) in [5.41, 5.74) is 2.66. The van der Waals surface area contributed by atoms with Gasteiger partial charge in [0, 0.05) is 0 Å². The molecule has 1 aliphatic heterocycles. The lowest BCUT2D eigenvalue weighted by molar-refractivity contribution is 0.174. The van der Waals surface area contributed by atoms with Gasteiger partial charge in [-0.2, -0.15) is 0 Å². The monoisotopic (exact) mass is 512 g/mol. The maximum atomic E-state index is 12.8. The SMILES string of the molecule is Cc1noc(NS(=O)(=O)c2sccc2CC=Cc2cc3c(cc2CO)OCO3)c1Br. The molecule has 0 saturated carbocycles. The number of aromatic nitrogens is 1. The molecule has 0 fully saturated rings. The Bertz CT molecular complexity index is 1220. The quantitative estimate of drug-likeness (QED) is 0.490. The maximum absolute atomic E-state index is 12.8. The van der Waals surface area contributed by atoms with Crippen molar-refractivity contribution in [2.24, 2.45) is 0 Å². The zero-order valence-electron chi connectivity index (χ0n) is 15.7. The fourth-order valence-electron chi connectivity index (χ4n) is 2.90. The van der Waals surface area contributed by atoms with Gasteiger partial charge in [0.05, 0.1) is 12.3 Å². The topological polar surface area (TPSA) is 111 Å². The summed E-state index contributed by atoms with van der Waals surface area (Å²) in [4.78, 5) is 0. The molecule has 158 valence electrons. The molecule has 30 heavy (non-hydrogen) atoms. The molecule has 2 aromatic heterocycles. The highest BCUT2D eigenvalue weighted by Gasteiger charge is 2.23. The average molecular weight is 513 g/mol. The van der Waals surface area contributed by atoms with Gasteiger partial charge in [0.25, 0.3) is 15.9 Å². The van der Waals surface area contributed by atoms with Crippen LogP contribution in [0.25, 0.3) is 6.08 Å². The fraction of sp³-hybridized carbons (Fsp3) is 0.211. The van der Waals surface area contributed by atoms with Gasteiger partial charge in [0.2, 0.25) is 6.79 Å². The Balaban J connectivity index is 1.54.